The van der Waals surface area contributed by atoms with Gasteiger partial charge in [-0.25, -0.2) is 0 Å². The Balaban J connectivity index is 2.34. The Bertz CT molecular complexity index is 411. The summed E-state index contributed by atoms with van der Waals surface area (Å²) >= 11 is 6.25. The highest BCUT2D eigenvalue weighted by molar-refractivity contribution is 6.31. The quantitative estimate of drug-likeness (QED) is 0.643. The number of halogens is 1. The third-order valence-corrected chi connectivity index (χ3v) is 4.03. The molecule has 2 rings (SSSR count). The van der Waals surface area contributed by atoms with Crippen LogP contribution in [-0.2, 0) is 0 Å². The van der Waals surface area contributed by atoms with E-state index < -0.39 is 0 Å². The second-order valence-corrected chi connectivity index (χ2v) is 6.27. The third kappa shape index (κ3) is 2.21. The van der Waals surface area contributed by atoms with Crippen molar-refractivity contribution < 1.29 is 0 Å². The van der Waals surface area contributed by atoms with Crippen LogP contribution in [0.5, 0.6) is 0 Å². The summed E-state index contributed by atoms with van der Waals surface area (Å²) in [6.07, 6.45) is 2.87. The van der Waals surface area contributed by atoms with Gasteiger partial charge in [0.15, 0.2) is 0 Å². The van der Waals surface area contributed by atoms with Gasteiger partial charge in [-0.3, -0.25) is 16.0 Å². The number of nitrogens with zero attached hydrogens (tertiary/aromatic N) is 2. The van der Waals surface area contributed by atoms with Crippen molar-refractivity contribution in [3.8, 4) is 0 Å². The van der Waals surface area contributed by atoms with Gasteiger partial charge in [0.05, 0.1) is 23.0 Å². The molecule has 0 amide bonds. The summed E-state index contributed by atoms with van der Waals surface area (Å²) in [7, 11) is 0. The monoisotopic (exact) mass is 256 g/mol. The lowest BCUT2D eigenvalue weighted by Crippen LogP contribution is -2.33. The lowest BCUT2D eigenvalue weighted by atomic mass is 10.0. The van der Waals surface area contributed by atoms with Crippen LogP contribution in [0.2, 0.25) is 5.02 Å². The second kappa shape index (κ2) is 4.26. The molecule has 0 bridgehead atoms. The summed E-state index contributed by atoms with van der Waals surface area (Å²) < 4.78 is 1.96. The van der Waals surface area contributed by atoms with Crippen molar-refractivity contribution in [2.24, 2.45) is 17.2 Å². The zero-order valence-corrected chi connectivity index (χ0v) is 11.6. The van der Waals surface area contributed by atoms with E-state index >= 15 is 0 Å². The summed E-state index contributed by atoms with van der Waals surface area (Å²) in [6, 6.07) is 0.373. The van der Waals surface area contributed by atoms with E-state index in [1.807, 2.05) is 4.68 Å². The zero-order valence-electron chi connectivity index (χ0n) is 10.9. The van der Waals surface area contributed by atoms with Gasteiger partial charge in [-0.15, -0.1) is 0 Å². The number of rotatable bonds is 4. The van der Waals surface area contributed by atoms with Gasteiger partial charge in [0.25, 0.3) is 0 Å². The van der Waals surface area contributed by atoms with Gasteiger partial charge in [-0.2, -0.15) is 5.10 Å². The van der Waals surface area contributed by atoms with Crippen molar-refractivity contribution in [1.29, 1.82) is 0 Å². The molecule has 2 atom stereocenters. The molecule has 5 heteroatoms. The summed E-state index contributed by atoms with van der Waals surface area (Å²) in [5, 5.41) is 5.03. The molecule has 1 aromatic rings. The van der Waals surface area contributed by atoms with Crippen molar-refractivity contribution in [2.45, 2.75) is 46.2 Å². The maximum absolute atomic E-state index is 6.25. The number of aromatic nitrogens is 2. The minimum Gasteiger partial charge on any atom is -0.271 e. The number of hydrogen-bond acceptors (Lipinski definition) is 3. The van der Waals surface area contributed by atoms with Gasteiger partial charge in [0, 0.05) is 6.04 Å². The largest absolute Gasteiger partial charge is 0.271 e. The van der Waals surface area contributed by atoms with Crippen molar-refractivity contribution in [1.82, 2.24) is 15.2 Å². The number of nitrogens with one attached hydrogen (secondary N) is 1. The molecule has 1 saturated carbocycles. The van der Waals surface area contributed by atoms with Crippen LogP contribution in [-0.4, -0.2) is 9.78 Å². The molecule has 96 valence electrons. The molecular weight excluding hydrogens is 236 g/mol. The van der Waals surface area contributed by atoms with Gasteiger partial charge >= 0.3 is 0 Å². The normalized spacial score (nSPS) is 24.1. The van der Waals surface area contributed by atoms with Gasteiger partial charge < -0.3 is 0 Å². The van der Waals surface area contributed by atoms with E-state index in [1.54, 1.807) is 6.20 Å². The molecule has 0 saturated heterocycles. The Kier molecular flexibility index (Phi) is 3.23. The van der Waals surface area contributed by atoms with Gasteiger partial charge in [0.1, 0.15) is 0 Å². The van der Waals surface area contributed by atoms with Crippen molar-refractivity contribution in [3.63, 3.8) is 0 Å². The topological polar surface area (TPSA) is 55.9 Å². The summed E-state index contributed by atoms with van der Waals surface area (Å²) in [6.45, 7) is 8.70. The van der Waals surface area contributed by atoms with E-state index in [9.17, 15) is 0 Å². The molecular formula is C12H21ClN4. The predicted molar refractivity (Wildman–Crippen MR) is 69.6 cm³/mol. The first-order valence-electron chi connectivity index (χ1n) is 6.07. The van der Waals surface area contributed by atoms with E-state index in [0.717, 1.165) is 5.69 Å². The van der Waals surface area contributed by atoms with E-state index in [2.05, 4.69) is 38.2 Å². The van der Waals surface area contributed by atoms with Gasteiger partial charge in [-0.1, -0.05) is 25.4 Å². The van der Waals surface area contributed by atoms with Crippen LogP contribution in [0, 0.1) is 11.3 Å². The molecule has 1 fully saturated rings. The van der Waals surface area contributed by atoms with Crippen LogP contribution in [0.1, 0.15) is 51.9 Å². The summed E-state index contributed by atoms with van der Waals surface area (Å²) in [5.41, 5.74) is 4.27. The highest BCUT2D eigenvalue weighted by Crippen LogP contribution is 2.58. The van der Waals surface area contributed by atoms with E-state index in [-0.39, 0.29) is 12.1 Å². The smallest absolute Gasteiger partial charge is 0.0834 e. The fourth-order valence-electron chi connectivity index (χ4n) is 2.52. The summed E-state index contributed by atoms with van der Waals surface area (Å²) in [4.78, 5) is 0. The number of hydrogen-bond donors (Lipinski definition) is 2. The van der Waals surface area contributed by atoms with Crippen LogP contribution in [0.15, 0.2) is 6.20 Å². The maximum Gasteiger partial charge on any atom is 0.0834 e. The van der Waals surface area contributed by atoms with Crippen molar-refractivity contribution in [3.05, 3.63) is 16.9 Å². The standard InChI is InChI=1S/C12H21ClN4/c1-7(2)17-11(9(13)6-15-17)10(16-14)8-5-12(8,3)4/h6-8,10,16H,5,14H2,1-4H3. The van der Waals surface area contributed by atoms with Crippen molar-refractivity contribution in [2.75, 3.05) is 0 Å². The zero-order chi connectivity index (χ0) is 12.8. The van der Waals surface area contributed by atoms with E-state index in [0.29, 0.717) is 16.4 Å². The third-order valence-electron chi connectivity index (χ3n) is 3.74. The average Bonchev–Trinajstić information content (AvgIpc) is 2.68. The fourth-order valence-corrected chi connectivity index (χ4v) is 2.76. The molecule has 4 nitrogen and oxygen atoms in total. The van der Waals surface area contributed by atoms with Crippen LogP contribution < -0.4 is 11.3 Å². The van der Waals surface area contributed by atoms with Crippen LogP contribution in [0.3, 0.4) is 0 Å². The molecule has 0 aromatic carbocycles. The first kappa shape index (κ1) is 12.9. The SMILES string of the molecule is CC(C)n1ncc(Cl)c1C(NN)C1CC1(C)C. The molecule has 2 unspecified atom stereocenters. The minimum atomic E-state index is 0.0856. The molecule has 17 heavy (non-hydrogen) atoms. The number of nitrogens with two attached hydrogens (primary N) is 1. The van der Waals surface area contributed by atoms with Gasteiger partial charge in [-0.05, 0) is 31.6 Å². The Morgan fingerprint density at radius 1 is 1.59 bits per heavy atom. The molecule has 3 N–H and O–H groups in total. The van der Waals surface area contributed by atoms with E-state index in [1.165, 1.54) is 6.42 Å². The Labute approximate surface area is 107 Å². The first-order chi connectivity index (χ1) is 7.88. The predicted octanol–water partition coefficient (Wildman–Crippen LogP) is 2.67. The minimum absolute atomic E-state index is 0.0856. The molecule has 1 aliphatic rings. The highest BCUT2D eigenvalue weighted by Gasteiger charge is 2.51. The summed E-state index contributed by atoms with van der Waals surface area (Å²) in [5.74, 6) is 6.24. The van der Waals surface area contributed by atoms with Gasteiger partial charge in [0.2, 0.25) is 0 Å². The maximum atomic E-state index is 6.25. The lowest BCUT2D eigenvalue weighted by Gasteiger charge is -2.21. The van der Waals surface area contributed by atoms with Crippen LogP contribution >= 0.6 is 11.6 Å². The molecule has 0 aliphatic heterocycles. The van der Waals surface area contributed by atoms with Crippen LogP contribution in [0.4, 0.5) is 0 Å². The number of hydrazine groups is 1. The molecule has 0 spiro atoms. The average molecular weight is 257 g/mol. The molecule has 1 aromatic heterocycles. The van der Waals surface area contributed by atoms with E-state index in [4.69, 9.17) is 17.4 Å². The Hall–Kier alpha value is -0.580. The molecule has 1 heterocycles. The Morgan fingerprint density at radius 3 is 2.59 bits per heavy atom. The highest BCUT2D eigenvalue weighted by atomic mass is 35.5. The first-order valence-corrected chi connectivity index (χ1v) is 6.45. The Morgan fingerprint density at radius 2 is 2.18 bits per heavy atom. The lowest BCUT2D eigenvalue weighted by molar-refractivity contribution is 0.382. The van der Waals surface area contributed by atoms with Crippen molar-refractivity contribution >= 4 is 11.6 Å². The molecule has 1 aliphatic carbocycles. The second-order valence-electron chi connectivity index (χ2n) is 5.86. The fraction of sp³-hybridized carbons (Fsp3) is 0.750. The van der Waals surface area contributed by atoms with Crippen LogP contribution in [0.25, 0.3) is 0 Å². The molecule has 0 radical (unpaired) electrons.